The van der Waals surface area contributed by atoms with Crippen LogP contribution in [0.4, 0.5) is 5.69 Å². The molecule has 2 heterocycles. The number of piperazine rings is 1. The van der Waals surface area contributed by atoms with Crippen LogP contribution in [0.15, 0.2) is 109 Å². The van der Waals surface area contributed by atoms with E-state index in [9.17, 15) is 9.59 Å². The Morgan fingerprint density at radius 3 is 2.18 bits per heavy atom. The average molecular weight is 607 g/mol. The second-order valence-corrected chi connectivity index (χ2v) is 11.5. The molecule has 0 radical (unpaired) electrons. The van der Waals surface area contributed by atoms with Crippen molar-refractivity contribution >= 4 is 35.2 Å². The maximum absolute atomic E-state index is 13.5. The number of nitrogens with zero attached hydrogens (tertiary/aromatic N) is 3. The largest absolute Gasteiger partial charge is 0.449 e. The number of rotatable bonds is 9. The maximum atomic E-state index is 13.5. The highest BCUT2D eigenvalue weighted by Crippen LogP contribution is 2.36. The van der Waals surface area contributed by atoms with E-state index in [1.165, 1.54) is 5.56 Å². The third-order valence-electron chi connectivity index (χ3n) is 7.98. The van der Waals surface area contributed by atoms with Crippen molar-refractivity contribution in [1.82, 2.24) is 15.1 Å². The molecule has 4 aromatic rings. The van der Waals surface area contributed by atoms with Crippen LogP contribution in [0.5, 0.6) is 5.75 Å². The maximum Gasteiger partial charge on any atom is 0.294 e. The van der Waals surface area contributed by atoms with Crippen LogP contribution in [0, 0.1) is 0 Å². The summed E-state index contributed by atoms with van der Waals surface area (Å²) in [6.45, 7) is 6.82. The van der Waals surface area contributed by atoms with Gasteiger partial charge in [0, 0.05) is 56.4 Å². The smallest absolute Gasteiger partial charge is 0.294 e. The van der Waals surface area contributed by atoms with Crippen LogP contribution in [0.1, 0.15) is 27.0 Å². The van der Waals surface area contributed by atoms with Gasteiger partial charge >= 0.3 is 0 Å². The summed E-state index contributed by atoms with van der Waals surface area (Å²) >= 11 is 6.05. The molecule has 4 aromatic carbocycles. The number of anilines is 1. The molecule has 8 heteroatoms. The summed E-state index contributed by atoms with van der Waals surface area (Å²) in [6.07, 6.45) is 1.71. The van der Waals surface area contributed by atoms with Crippen molar-refractivity contribution in [3.8, 4) is 5.75 Å². The van der Waals surface area contributed by atoms with Gasteiger partial charge in [-0.3, -0.25) is 24.3 Å². The van der Waals surface area contributed by atoms with Gasteiger partial charge in [0.05, 0.1) is 12.2 Å². The predicted octanol–water partition coefficient (Wildman–Crippen LogP) is 5.85. The van der Waals surface area contributed by atoms with E-state index in [2.05, 4.69) is 39.4 Å². The predicted molar refractivity (Wildman–Crippen MR) is 175 cm³/mol. The Hall–Kier alpha value is -4.43. The number of hydrogen-bond acceptors (Lipinski definition) is 5. The van der Waals surface area contributed by atoms with E-state index in [-0.39, 0.29) is 17.6 Å². The monoisotopic (exact) mass is 606 g/mol. The molecule has 2 aliphatic heterocycles. The molecule has 1 N–H and O–H groups in total. The normalized spacial score (nSPS) is 16.4. The second-order valence-electron chi connectivity index (χ2n) is 11.1. The van der Waals surface area contributed by atoms with Gasteiger partial charge in [0.1, 0.15) is 0 Å². The van der Waals surface area contributed by atoms with Crippen LogP contribution in [0.25, 0.3) is 6.08 Å². The lowest BCUT2D eigenvalue weighted by molar-refractivity contribution is -0.117. The van der Waals surface area contributed by atoms with Crippen molar-refractivity contribution in [3.63, 3.8) is 0 Å². The van der Waals surface area contributed by atoms with Gasteiger partial charge in [-0.25, -0.2) is 0 Å². The minimum Gasteiger partial charge on any atom is -0.449 e. The van der Waals surface area contributed by atoms with Gasteiger partial charge in [-0.2, -0.15) is 0 Å². The Morgan fingerprint density at radius 2 is 1.43 bits per heavy atom. The van der Waals surface area contributed by atoms with Gasteiger partial charge in [-0.1, -0.05) is 78.3 Å². The molecule has 0 atom stereocenters. The molecule has 2 aliphatic rings. The SMILES string of the molecule is O=C(NCCN1CCN(Cc2ccccc2)CC1)c1ccc(/C=C2\Oc3ccccc3N(Cc3ccc(Cl)cc3)C2=O)cc1. The standard InChI is InChI=1S/C36H35ClN4O3/c37-31-16-12-29(13-17-31)26-41-32-8-4-5-9-33(32)44-34(36(41)43)24-27-10-14-30(15-11-27)35(42)38-18-19-39-20-22-40(23-21-39)25-28-6-2-1-3-7-28/h1-17,24H,18-23,25-26H2,(H,38,42)/b34-24-. The number of amides is 2. The Labute approximate surface area is 263 Å². The van der Waals surface area contributed by atoms with Crippen LogP contribution in [0.3, 0.4) is 0 Å². The van der Waals surface area contributed by atoms with Crippen molar-refractivity contribution in [3.05, 3.63) is 136 Å². The van der Waals surface area contributed by atoms with Crippen molar-refractivity contribution in [2.75, 3.05) is 44.2 Å². The van der Waals surface area contributed by atoms with Crippen LogP contribution in [-0.2, 0) is 17.9 Å². The number of ether oxygens (including phenoxy) is 1. The number of nitrogens with one attached hydrogen (secondary N) is 1. The van der Waals surface area contributed by atoms with Crippen molar-refractivity contribution in [2.24, 2.45) is 0 Å². The molecule has 0 aromatic heterocycles. The first-order chi connectivity index (χ1) is 21.5. The Morgan fingerprint density at radius 1 is 0.773 bits per heavy atom. The Balaban J connectivity index is 1.02. The number of benzene rings is 4. The number of carbonyl (C=O) groups excluding carboxylic acids is 2. The van der Waals surface area contributed by atoms with E-state index in [4.69, 9.17) is 16.3 Å². The molecule has 1 saturated heterocycles. The number of fused-ring (bicyclic) bond motifs is 1. The molecule has 6 rings (SSSR count). The molecule has 0 aliphatic carbocycles. The van der Waals surface area contributed by atoms with Crippen LogP contribution >= 0.6 is 11.6 Å². The van der Waals surface area contributed by atoms with Gasteiger partial charge < -0.3 is 10.1 Å². The molecular formula is C36H35ClN4O3. The van der Waals surface area contributed by atoms with E-state index in [1.807, 2.05) is 66.7 Å². The number of para-hydroxylation sites is 2. The summed E-state index contributed by atoms with van der Waals surface area (Å²) in [5, 5.41) is 3.69. The highest BCUT2D eigenvalue weighted by molar-refractivity contribution is 6.30. The minimum atomic E-state index is -0.235. The van der Waals surface area contributed by atoms with Crippen LogP contribution < -0.4 is 15.0 Å². The molecule has 0 bridgehead atoms. The Kier molecular flexibility index (Phi) is 9.37. The fourth-order valence-corrected chi connectivity index (χ4v) is 5.64. The fourth-order valence-electron chi connectivity index (χ4n) is 5.52. The molecular weight excluding hydrogens is 572 g/mol. The van der Waals surface area contributed by atoms with Crippen LogP contribution in [0.2, 0.25) is 5.02 Å². The number of carbonyl (C=O) groups is 2. The second kappa shape index (κ2) is 13.9. The topological polar surface area (TPSA) is 65.1 Å². The number of hydrogen-bond donors (Lipinski definition) is 1. The van der Waals surface area contributed by atoms with E-state index < -0.39 is 0 Å². The van der Waals surface area contributed by atoms with Gasteiger partial charge in [0.2, 0.25) is 0 Å². The van der Waals surface area contributed by atoms with E-state index in [0.29, 0.717) is 35.1 Å². The first-order valence-electron chi connectivity index (χ1n) is 14.9. The molecule has 0 unspecified atom stereocenters. The lowest BCUT2D eigenvalue weighted by Crippen LogP contribution is -2.48. The summed E-state index contributed by atoms with van der Waals surface area (Å²) in [6, 6.07) is 32.7. The summed E-state index contributed by atoms with van der Waals surface area (Å²) in [7, 11) is 0. The van der Waals surface area contributed by atoms with Gasteiger partial charge in [-0.15, -0.1) is 0 Å². The Bertz CT molecular complexity index is 1620. The van der Waals surface area contributed by atoms with Crippen molar-refractivity contribution < 1.29 is 14.3 Å². The van der Waals surface area contributed by atoms with Gasteiger partial charge in [0.25, 0.3) is 11.8 Å². The highest BCUT2D eigenvalue weighted by Gasteiger charge is 2.30. The minimum absolute atomic E-state index is 0.111. The molecule has 0 spiro atoms. The van der Waals surface area contributed by atoms with E-state index >= 15 is 0 Å². The highest BCUT2D eigenvalue weighted by atomic mass is 35.5. The fraction of sp³-hybridized carbons (Fsp3) is 0.222. The van der Waals surface area contributed by atoms with Crippen LogP contribution in [-0.4, -0.2) is 60.9 Å². The molecule has 224 valence electrons. The van der Waals surface area contributed by atoms with Gasteiger partial charge in [0.15, 0.2) is 11.5 Å². The van der Waals surface area contributed by atoms with Gasteiger partial charge in [-0.05, 0) is 59.2 Å². The molecule has 7 nitrogen and oxygen atoms in total. The third-order valence-corrected chi connectivity index (χ3v) is 8.24. The molecule has 44 heavy (non-hydrogen) atoms. The summed E-state index contributed by atoms with van der Waals surface area (Å²) in [5.41, 5.74) is 4.36. The zero-order valence-electron chi connectivity index (χ0n) is 24.5. The zero-order valence-corrected chi connectivity index (χ0v) is 25.2. The van der Waals surface area contributed by atoms with E-state index in [1.54, 1.807) is 23.1 Å². The lowest BCUT2D eigenvalue weighted by atomic mass is 10.1. The quantitative estimate of drug-likeness (QED) is 0.242. The number of halogens is 1. The molecule has 2 amide bonds. The first kappa shape index (κ1) is 29.6. The van der Waals surface area contributed by atoms with Crippen molar-refractivity contribution in [1.29, 1.82) is 0 Å². The van der Waals surface area contributed by atoms with Crippen molar-refractivity contribution in [2.45, 2.75) is 13.1 Å². The molecule has 0 saturated carbocycles. The zero-order chi connectivity index (χ0) is 30.3. The third kappa shape index (κ3) is 7.37. The first-order valence-corrected chi connectivity index (χ1v) is 15.3. The molecule has 1 fully saturated rings. The average Bonchev–Trinajstić information content (AvgIpc) is 3.05. The summed E-state index contributed by atoms with van der Waals surface area (Å²) < 4.78 is 6.02. The lowest BCUT2D eigenvalue weighted by Gasteiger charge is -2.34. The summed E-state index contributed by atoms with van der Waals surface area (Å²) in [4.78, 5) is 32.9. The summed E-state index contributed by atoms with van der Waals surface area (Å²) in [5.74, 6) is 0.487. The van der Waals surface area contributed by atoms with E-state index in [0.717, 1.165) is 50.4 Å².